The third kappa shape index (κ3) is 3.75. The Morgan fingerprint density at radius 1 is 1.42 bits per heavy atom. The molecule has 3 rings (SSSR count). The van der Waals surface area contributed by atoms with E-state index < -0.39 is 4.87 Å². The van der Waals surface area contributed by atoms with E-state index in [-0.39, 0.29) is 23.7 Å². The summed E-state index contributed by atoms with van der Waals surface area (Å²) in [7, 11) is 0. The van der Waals surface area contributed by atoms with Gasteiger partial charge in [0.05, 0.1) is 11.4 Å². The number of hydrogen-bond acceptors (Lipinski definition) is 6. The number of carbonyl (C=O) groups excluding carboxylic acids is 1. The number of aliphatic imine (C=N–C) groups is 1. The highest BCUT2D eigenvalue weighted by molar-refractivity contribution is 8.00. The number of nitrogens with two attached hydrogens (primary N) is 1. The molecule has 0 spiro atoms. The van der Waals surface area contributed by atoms with Crippen LogP contribution < -0.4 is 5.73 Å². The number of thioether (sulfide) groups is 1. The molecule has 0 fully saturated rings. The van der Waals surface area contributed by atoms with Crippen molar-refractivity contribution in [1.29, 1.82) is 5.26 Å². The zero-order valence-corrected chi connectivity index (χ0v) is 15.0. The quantitative estimate of drug-likeness (QED) is 0.837. The van der Waals surface area contributed by atoms with Gasteiger partial charge in [0.2, 0.25) is 0 Å². The molecule has 0 radical (unpaired) electrons. The number of halogens is 1. The average Bonchev–Trinajstić information content (AvgIpc) is 2.63. The standard InChI is InChI=1S/C19H17FN4OS/c1-19(24-18(22)6-7-26-19)14-8-12(2-4-15(14)20)9-17(25)16-5-3-13(10-21)11-23-16/h2-5,8,11H,6-7,9H2,1H3,(H2,22,24). The van der Waals surface area contributed by atoms with E-state index in [1.807, 2.05) is 13.0 Å². The molecule has 1 atom stereocenters. The predicted molar refractivity (Wildman–Crippen MR) is 99.4 cm³/mol. The first-order valence-electron chi connectivity index (χ1n) is 8.08. The molecule has 1 unspecified atom stereocenters. The Labute approximate surface area is 155 Å². The van der Waals surface area contributed by atoms with E-state index >= 15 is 0 Å². The number of nitriles is 1. The van der Waals surface area contributed by atoms with Gasteiger partial charge in [-0.15, -0.1) is 11.8 Å². The Kier molecular flexibility index (Phi) is 5.05. The summed E-state index contributed by atoms with van der Waals surface area (Å²) in [6.45, 7) is 1.83. The lowest BCUT2D eigenvalue weighted by atomic mass is 10.00. The highest BCUT2D eigenvalue weighted by Gasteiger charge is 2.32. The highest BCUT2D eigenvalue weighted by Crippen LogP contribution is 2.42. The second-order valence-corrected chi connectivity index (χ2v) is 7.63. The Morgan fingerprint density at radius 2 is 2.23 bits per heavy atom. The first kappa shape index (κ1) is 18.1. The number of carbonyl (C=O) groups is 1. The van der Waals surface area contributed by atoms with Gasteiger partial charge in [-0.2, -0.15) is 5.26 Å². The molecule has 2 aromatic rings. The van der Waals surface area contributed by atoms with Gasteiger partial charge in [-0.05, 0) is 36.8 Å². The number of benzene rings is 1. The smallest absolute Gasteiger partial charge is 0.185 e. The summed E-state index contributed by atoms with van der Waals surface area (Å²) in [5, 5.41) is 8.79. The van der Waals surface area contributed by atoms with E-state index in [1.165, 1.54) is 30.1 Å². The molecular formula is C19H17FN4OS. The van der Waals surface area contributed by atoms with Crippen molar-refractivity contribution >= 4 is 23.4 Å². The van der Waals surface area contributed by atoms with Gasteiger partial charge in [0.25, 0.3) is 0 Å². The summed E-state index contributed by atoms with van der Waals surface area (Å²) >= 11 is 1.53. The van der Waals surface area contributed by atoms with Gasteiger partial charge < -0.3 is 5.73 Å². The fraction of sp³-hybridized carbons (Fsp3) is 0.263. The van der Waals surface area contributed by atoms with Crippen molar-refractivity contribution in [1.82, 2.24) is 4.98 Å². The topological polar surface area (TPSA) is 92.1 Å². The molecule has 0 amide bonds. The second-order valence-electron chi connectivity index (χ2n) is 6.14. The molecule has 5 nitrogen and oxygen atoms in total. The predicted octanol–water partition coefficient (Wildman–Crippen LogP) is 3.18. The van der Waals surface area contributed by atoms with Crippen molar-refractivity contribution in [2.45, 2.75) is 24.6 Å². The number of rotatable bonds is 4. The molecule has 0 saturated heterocycles. The third-order valence-corrected chi connectivity index (χ3v) is 5.45. The lowest BCUT2D eigenvalue weighted by Gasteiger charge is -2.30. The molecule has 1 aliphatic heterocycles. The van der Waals surface area contributed by atoms with Crippen molar-refractivity contribution in [3.63, 3.8) is 0 Å². The zero-order chi connectivity index (χ0) is 18.7. The lowest BCUT2D eigenvalue weighted by Crippen LogP contribution is -2.28. The first-order chi connectivity index (χ1) is 12.4. The van der Waals surface area contributed by atoms with Gasteiger partial charge in [0, 0.05) is 30.4 Å². The summed E-state index contributed by atoms with van der Waals surface area (Å²) in [5.41, 5.74) is 7.61. The number of aromatic nitrogens is 1. The normalized spacial score (nSPS) is 19.5. The number of ketones is 1. The van der Waals surface area contributed by atoms with E-state index in [1.54, 1.807) is 18.2 Å². The SMILES string of the molecule is CC1(c2cc(CC(=O)c3ccc(C#N)cn3)ccc2F)N=C(N)CCS1. The molecule has 132 valence electrons. The average molecular weight is 368 g/mol. The van der Waals surface area contributed by atoms with Gasteiger partial charge in [-0.1, -0.05) is 6.07 Å². The first-order valence-corrected chi connectivity index (χ1v) is 9.06. The summed E-state index contributed by atoms with van der Waals surface area (Å²) in [4.78, 5) is 20.1. The maximum atomic E-state index is 14.4. The fourth-order valence-electron chi connectivity index (χ4n) is 2.79. The van der Waals surface area contributed by atoms with Crippen molar-refractivity contribution in [3.8, 4) is 6.07 Å². The van der Waals surface area contributed by atoms with Crippen LogP contribution >= 0.6 is 11.8 Å². The Morgan fingerprint density at radius 3 is 2.88 bits per heavy atom. The molecule has 2 N–H and O–H groups in total. The van der Waals surface area contributed by atoms with Crippen LogP contribution in [0.1, 0.15) is 40.5 Å². The molecule has 1 aliphatic rings. The van der Waals surface area contributed by atoms with Crippen LogP contribution in [0.2, 0.25) is 0 Å². The van der Waals surface area contributed by atoms with E-state index in [9.17, 15) is 9.18 Å². The molecule has 0 saturated carbocycles. The minimum absolute atomic E-state index is 0.0894. The van der Waals surface area contributed by atoms with Crippen LogP contribution in [0.25, 0.3) is 0 Å². The minimum Gasteiger partial charge on any atom is -0.387 e. The molecule has 0 aliphatic carbocycles. The van der Waals surface area contributed by atoms with Crippen LogP contribution in [-0.2, 0) is 11.3 Å². The fourth-order valence-corrected chi connectivity index (χ4v) is 4.00. The Balaban J connectivity index is 1.86. The van der Waals surface area contributed by atoms with Gasteiger partial charge in [-0.3, -0.25) is 14.8 Å². The summed E-state index contributed by atoms with van der Waals surface area (Å²) in [5.74, 6) is 0.709. The van der Waals surface area contributed by atoms with Crippen LogP contribution in [0.3, 0.4) is 0 Å². The number of pyridine rings is 1. The number of amidine groups is 1. The monoisotopic (exact) mass is 368 g/mol. The van der Waals surface area contributed by atoms with E-state index in [2.05, 4.69) is 9.98 Å². The van der Waals surface area contributed by atoms with Crippen molar-refractivity contribution in [3.05, 3.63) is 64.7 Å². The molecule has 1 aromatic carbocycles. The molecule has 26 heavy (non-hydrogen) atoms. The van der Waals surface area contributed by atoms with Gasteiger partial charge in [-0.25, -0.2) is 4.39 Å². The van der Waals surface area contributed by atoms with Crippen molar-refractivity contribution in [2.75, 3.05) is 5.75 Å². The molecule has 7 heteroatoms. The van der Waals surface area contributed by atoms with Gasteiger partial charge in [0.15, 0.2) is 5.78 Å². The maximum Gasteiger partial charge on any atom is 0.185 e. The largest absolute Gasteiger partial charge is 0.387 e. The van der Waals surface area contributed by atoms with Crippen molar-refractivity contribution < 1.29 is 9.18 Å². The zero-order valence-electron chi connectivity index (χ0n) is 14.2. The third-order valence-electron chi connectivity index (χ3n) is 4.17. The summed E-state index contributed by atoms with van der Waals surface area (Å²) in [6.07, 6.45) is 2.14. The number of Topliss-reactive ketones (excluding diaryl/α,β-unsaturated/α-hetero) is 1. The van der Waals surface area contributed by atoms with Gasteiger partial charge >= 0.3 is 0 Å². The Hall–Kier alpha value is -2.72. The summed E-state index contributed by atoms with van der Waals surface area (Å²) in [6, 6.07) is 9.65. The summed E-state index contributed by atoms with van der Waals surface area (Å²) < 4.78 is 14.4. The maximum absolute atomic E-state index is 14.4. The van der Waals surface area contributed by atoms with Crippen LogP contribution in [0.15, 0.2) is 41.5 Å². The van der Waals surface area contributed by atoms with E-state index in [4.69, 9.17) is 11.0 Å². The lowest BCUT2D eigenvalue weighted by molar-refractivity contribution is 0.0988. The molecule has 1 aromatic heterocycles. The van der Waals surface area contributed by atoms with E-state index in [0.717, 1.165) is 5.75 Å². The van der Waals surface area contributed by atoms with E-state index in [0.29, 0.717) is 28.9 Å². The van der Waals surface area contributed by atoms with Crippen LogP contribution in [0, 0.1) is 17.1 Å². The van der Waals surface area contributed by atoms with Crippen molar-refractivity contribution in [2.24, 2.45) is 10.7 Å². The van der Waals surface area contributed by atoms with Gasteiger partial charge in [0.1, 0.15) is 22.5 Å². The molecule has 2 heterocycles. The number of hydrogen-bond donors (Lipinski definition) is 1. The van der Waals surface area contributed by atoms with Crippen LogP contribution in [-0.4, -0.2) is 22.4 Å². The Bertz CT molecular complexity index is 920. The minimum atomic E-state index is -0.793. The molecule has 0 bridgehead atoms. The molecular weight excluding hydrogens is 351 g/mol. The number of nitrogens with zero attached hydrogens (tertiary/aromatic N) is 3. The van der Waals surface area contributed by atoms with Crippen LogP contribution in [0.5, 0.6) is 0 Å². The second kappa shape index (κ2) is 7.26. The van der Waals surface area contributed by atoms with Crippen LogP contribution in [0.4, 0.5) is 4.39 Å². The highest BCUT2D eigenvalue weighted by atomic mass is 32.2.